The number of hydrogen-bond donors (Lipinski definition) is 1. The lowest BCUT2D eigenvalue weighted by Gasteiger charge is -2.25. The first-order valence-electron chi connectivity index (χ1n) is 4.42. The summed E-state index contributed by atoms with van der Waals surface area (Å²) in [6.07, 6.45) is 0.942. The van der Waals surface area contributed by atoms with E-state index < -0.39 is 6.03 Å². The zero-order valence-corrected chi connectivity index (χ0v) is 9.37. The third-order valence-corrected chi connectivity index (χ3v) is 2.75. The van der Waals surface area contributed by atoms with Gasteiger partial charge in [-0.3, -0.25) is 4.79 Å². The Morgan fingerprint density at radius 1 is 1.53 bits per heavy atom. The molecular formula is C10H8BrN2O2. The number of aryl methyl sites for hydroxylation is 1. The second-order valence-electron chi connectivity index (χ2n) is 3.26. The predicted octanol–water partition coefficient (Wildman–Crippen LogP) is 1.61. The maximum atomic E-state index is 11.5. The van der Waals surface area contributed by atoms with Crippen LogP contribution in [0.25, 0.3) is 0 Å². The summed E-state index contributed by atoms with van der Waals surface area (Å²) in [5, 5.41) is 0. The molecule has 0 atom stereocenters. The van der Waals surface area contributed by atoms with E-state index in [0.29, 0.717) is 18.5 Å². The number of rotatable bonds is 0. The number of primary amides is 1. The van der Waals surface area contributed by atoms with Gasteiger partial charge in [-0.25, -0.2) is 9.69 Å². The summed E-state index contributed by atoms with van der Waals surface area (Å²) in [6, 6.07) is 5.58. The highest BCUT2D eigenvalue weighted by molar-refractivity contribution is 9.10. The summed E-state index contributed by atoms with van der Waals surface area (Å²) in [7, 11) is 0. The van der Waals surface area contributed by atoms with Crippen molar-refractivity contribution in [3.63, 3.8) is 0 Å². The Morgan fingerprint density at radius 3 is 2.93 bits per heavy atom. The molecule has 5 heteroatoms. The van der Waals surface area contributed by atoms with Gasteiger partial charge in [-0.05, 0) is 30.2 Å². The van der Waals surface area contributed by atoms with Crippen LogP contribution < -0.4 is 10.6 Å². The Hall–Kier alpha value is -1.36. The number of urea groups is 1. The fraction of sp³-hybridized carbons (Fsp3) is 0.200. The number of anilines is 1. The van der Waals surface area contributed by atoms with Crippen LogP contribution in [0.15, 0.2) is 16.6 Å². The average Bonchev–Trinajstić information content (AvgIpc) is 2.17. The first-order valence-corrected chi connectivity index (χ1v) is 5.21. The van der Waals surface area contributed by atoms with Crippen molar-refractivity contribution >= 4 is 33.6 Å². The Morgan fingerprint density at radius 2 is 2.27 bits per heavy atom. The van der Waals surface area contributed by atoms with Crippen LogP contribution in [0.3, 0.4) is 0 Å². The van der Waals surface area contributed by atoms with E-state index in [0.717, 1.165) is 14.9 Å². The number of fused-ring (bicyclic) bond motifs is 1. The number of nitrogens with zero attached hydrogens (tertiary/aromatic N) is 1. The third kappa shape index (κ3) is 1.74. The molecule has 0 unspecified atom stereocenters. The molecule has 0 saturated carbocycles. The molecule has 1 aliphatic rings. The molecule has 0 fully saturated rings. The van der Waals surface area contributed by atoms with E-state index in [9.17, 15) is 9.59 Å². The minimum atomic E-state index is -0.739. The van der Waals surface area contributed by atoms with Crippen LogP contribution >= 0.6 is 15.9 Å². The molecule has 1 radical (unpaired) electrons. The van der Waals surface area contributed by atoms with E-state index >= 15 is 0 Å². The lowest BCUT2D eigenvalue weighted by Crippen LogP contribution is -2.43. The highest BCUT2D eigenvalue weighted by atomic mass is 79.9. The van der Waals surface area contributed by atoms with Crippen molar-refractivity contribution in [2.75, 3.05) is 4.90 Å². The summed E-state index contributed by atoms with van der Waals surface area (Å²) in [4.78, 5) is 23.6. The van der Waals surface area contributed by atoms with E-state index in [1.165, 1.54) is 0 Å². The van der Waals surface area contributed by atoms with Crippen molar-refractivity contribution < 1.29 is 9.59 Å². The van der Waals surface area contributed by atoms with Crippen molar-refractivity contribution in [1.82, 2.24) is 0 Å². The van der Waals surface area contributed by atoms with Crippen molar-refractivity contribution in [3.8, 4) is 0 Å². The number of amides is 3. The molecule has 1 aromatic rings. The van der Waals surface area contributed by atoms with Gasteiger partial charge in [0.2, 0.25) is 5.91 Å². The number of carbonyl (C=O) groups is 2. The van der Waals surface area contributed by atoms with Gasteiger partial charge in [-0.2, -0.15) is 0 Å². The molecule has 0 aliphatic carbocycles. The molecule has 2 rings (SSSR count). The maximum absolute atomic E-state index is 11.5. The molecule has 3 amide bonds. The second kappa shape index (κ2) is 3.66. The average molecular weight is 268 g/mol. The van der Waals surface area contributed by atoms with Crippen molar-refractivity contribution in [2.24, 2.45) is 5.73 Å². The minimum Gasteiger partial charge on any atom is -0.351 e. The van der Waals surface area contributed by atoms with E-state index in [1.807, 2.05) is 6.07 Å². The lowest BCUT2D eigenvalue weighted by molar-refractivity contribution is -0.118. The molecule has 77 valence electrons. The van der Waals surface area contributed by atoms with Gasteiger partial charge in [0.25, 0.3) is 0 Å². The van der Waals surface area contributed by atoms with Gasteiger partial charge in [0, 0.05) is 10.9 Å². The minimum absolute atomic E-state index is 0.259. The Labute approximate surface area is 95.2 Å². The zero-order valence-electron chi connectivity index (χ0n) is 7.79. The summed E-state index contributed by atoms with van der Waals surface area (Å²) < 4.78 is 0.806. The third-order valence-electron chi connectivity index (χ3n) is 2.30. The molecule has 1 heterocycles. The van der Waals surface area contributed by atoms with E-state index in [4.69, 9.17) is 5.73 Å². The van der Waals surface area contributed by atoms with Crippen LogP contribution in [-0.2, 0) is 11.2 Å². The second-order valence-corrected chi connectivity index (χ2v) is 4.11. The molecule has 1 aliphatic heterocycles. The highest BCUT2D eigenvalue weighted by Gasteiger charge is 2.27. The summed E-state index contributed by atoms with van der Waals surface area (Å²) >= 11 is 3.29. The Bertz CT molecular complexity index is 445. The van der Waals surface area contributed by atoms with E-state index in [1.54, 1.807) is 6.07 Å². The molecule has 15 heavy (non-hydrogen) atoms. The topological polar surface area (TPSA) is 63.4 Å². The Kier molecular flexibility index (Phi) is 2.48. The molecule has 0 saturated heterocycles. The number of halogens is 1. The van der Waals surface area contributed by atoms with Crippen LogP contribution in [0.1, 0.15) is 12.0 Å². The van der Waals surface area contributed by atoms with Crippen LogP contribution in [-0.4, -0.2) is 11.9 Å². The smallest absolute Gasteiger partial charge is 0.326 e. The summed E-state index contributed by atoms with van der Waals surface area (Å²) in [5.74, 6) is -0.259. The molecular weight excluding hydrogens is 260 g/mol. The molecule has 4 nitrogen and oxygen atoms in total. The monoisotopic (exact) mass is 267 g/mol. The number of imide groups is 1. The largest absolute Gasteiger partial charge is 0.351 e. The lowest BCUT2D eigenvalue weighted by atomic mass is 10.0. The number of nitrogens with two attached hydrogens (primary N) is 1. The number of benzene rings is 1. The van der Waals surface area contributed by atoms with Gasteiger partial charge in [0.1, 0.15) is 0 Å². The van der Waals surface area contributed by atoms with Gasteiger partial charge in [0.05, 0.1) is 5.69 Å². The van der Waals surface area contributed by atoms with Crippen LogP contribution in [0.4, 0.5) is 10.5 Å². The van der Waals surface area contributed by atoms with Crippen LogP contribution in [0.2, 0.25) is 0 Å². The van der Waals surface area contributed by atoms with Crippen LogP contribution in [0, 0.1) is 6.07 Å². The van der Waals surface area contributed by atoms with Crippen molar-refractivity contribution in [3.05, 3.63) is 28.2 Å². The first kappa shape index (κ1) is 10.2. The number of carbonyl (C=O) groups excluding carboxylic acids is 2. The van der Waals surface area contributed by atoms with E-state index in [2.05, 4.69) is 22.0 Å². The SMILES string of the molecule is NC(=O)N1C(=O)CCc2cc(Br)[c]cc21. The standard InChI is InChI=1S/C10H8BrN2O2/c11-7-2-3-8-6(5-7)1-4-9(14)13(8)10(12)15/h3,5H,1,4H2,(H2,12,15). The fourth-order valence-electron chi connectivity index (χ4n) is 1.64. The molecule has 1 aromatic carbocycles. The van der Waals surface area contributed by atoms with E-state index in [-0.39, 0.29) is 5.91 Å². The molecule has 2 N–H and O–H groups in total. The van der Waals surface area contributed by atoms with Gasteiger partial charge >= 0.3 is 6.03 Å². The van der Waals surface area contributed by atoms with Gasteiger partial charge < -0.3 is 5.73 Å². The quantitative estimate of drug-likeness (QED) is 0.776. The van der Waals surface area contributed by atoms with Crippen LogP contribution in [0.5, 0.6) is 0 Å². The predicted molar refractivity (Wildman–Crippen MR) is 58.4 cm³/mol. The summed E-state index contributed by atoms with van der Waals surface area (Å²) in [5.41, 5.74) is 6.62. The van der Waals surface area contributed by atoms with Gasteiger partial charge in [-0.15, -0.1) is 0 Å². The van der Waals surface area contributed by atoms with Gasteiger partial charge in [0.15, 0.2) is 0 Å². The zero-order chi connectivity index (χ0) is 11.0. The highest BCUT2D eigenvalue weighted by Crippen LogP contribution is 2.29. The molecule has 0 spiro atoms. The van der Waals surface area contributed by atoms with Crippen molar-refractivity contribution in [2.45, 2.75) is 12.8 Å². The summed E-state index contributed by atoms with van der Waals surface area (Å²) in [6.45, 7) is 0. The Balaban J connectivity index is 2.53. The normalized spacial score (nSPS) is 15.0. The molecule has 0 aromatic heterocycles. The van der Waals surface area contributed by atoms with Crippen molar-refractivity contribution in [1.29, 1.82) is 0 Å². The first-order chi connectivity index (χ1) is 7.09. The van der Waals surface area contributed by atoms with Gasteiger partial charge in [-0.1, -0.05) is 15.9 Å². The molecule has 0 bridgehead atoms. The number of hydrogen-bond acceptors (Lipinski definition) is 2. The fourth-order valence-corrected chi connectivity index (χ4v) is 2.03. The maximum Gasteiger partial charge on any atom is 0.326 e.